The summed E-state index contributed by atoms with van der Waals surface area (Å²) in [7, 11) is 0. The minimum Gasteiger partial charge on any atom is -0.354 e. The van der Waals surface area contributed by atoms with E-state index in [0.29, 0.717) is 18.5 Å². The Hall–Kier alpha value is -2.50. The lowest BCUT2D eigenvalue weighted by Crippen LogP contribution is -2.45. The standard InChI is InChI=1S/C15H16N4O2/c20-14-12(7-3-4-8-16-14)19-15(21)13-9-17-10-5-1-2-6-11(10)18-13/h1-2,5-6,9,12H,3-4,7-8H2,(H,16,20)(H,19,21)/t12-/m0/s1. The zero-order valence-corrected chi connectivity index (χ0v) is 11.5. The van der Waals surface area contributed by atoms with Crippen LogP contribution in [0.4, 0.5) is 0 Å². The fourth-order valence-corrected chi connectivity index (χ4v) is 2.38. The average molecular weight is 284 g/mol. The Balaban J connectivity index is 1.78. The van der Waals surface area contributed by atoms with E-state index in [1.807, 2.05) is 18.2 Å². The third-order valence-electron chi connectivity index (χ3n) is 3.52. The van der Waals surface area contributed by atoms with E-state index in [4.69, 9.17) is 0 Å². The van der Waals surface area contributed by atoms with Crippen LogP contribution in [0, 0.1) is 0 Å². The van der Waals surface area contributed by atoms with Gasteiger partial charge in [0, 0.05) is 6.54 Å². The van der Waals surface area contributed by atoms with Crippen LogP contribution in [0.25, 0.3) is 11.0 Å². The number of rotatable bonds is 2. The molecule has 2 heterocycles. The predicted octanol–water partition coefficient (Wildman–Crippen LogP) is 1.03. The molecule has 1 saturated heterocycles. The summed E-state index contributed by atoms with van der Waals surface area (Å²) in [5, 5.41) is 5.53. The van der Waals surface area contributed by atoms with Gasteiger partial charge in [0.05, 0.1) is 17.2 Å². The van der Waals surface area contributed by atoms with Gasteiger partial charge >= 0.3 is 0 Å². The number of hydrogen-bond acceptors (Lipinski definition) is 4. The lowest BCUT2D eigenvalue weighted by atomic mass is 10.1. The average Bonchev–Trinajstić information content (AvgIpc) is 2.72. The topological polar surface area (TPSA) is 84.0 Å². The minimum atomic E-state index is -0.492. The van der Waals surface area contributed by atoms with Crippen LogP contribution in [0.3, 0.4) is 0 Å². The van der Waals surface area contributed by atoms with Crippen molar-refractivity contribution in [2.24, 2.45) is 0 Å². The van der Waals surface area contributed by atoms with Crippen molar-refractivity contribution in [3.63, 3.8) is 0 Å². The van der Waals surface area contributed by atoms with Crippen LogP contribution < -0.4 is 10.6 Å². The molecule has 1 fully saturated rings. The number of aromatic nitrogens is 2. The molecule has 0 aliphatic carbocycles. The van der Waals surface area contributed by atoms with Gasteiger partial charge in [-0.25, -0.2) is 4.98 Å². The zero-order valence-electron chi connectivity index (χ0n) is 11.5. The first-order chi connectivity index (χ1) is 10.2. The number of para-hydroxylation sites is 2. The molecule has 0 unspecified atom stereocenters. The molecular formula is C15H16N4O2. The second-order valence-corrected chi connectivity index (χ2v) is 5.06. The van der Waals surface area contributed by atoms with E-state index in [2.05, 4.69) is 20.6 Å². The summed E-state index contributed by atoms with van der Waals surface area (Å²) in [6.45, 7) is 0.668. The third-order valence-corrected chi connectivity index (χ3v) is 3.52. The van der Waals surface area contributed by atoms with Crippen LogP contribution in [0.5, 0.6) is 0 Å². The lowest BCUT2D eigenvalue weighted by Gasteiger charge is -2.14. The van der Waals surface area contributed by atoms with Crippen molar-refractivity contribution in [2.45, 2.75) is 25.3 Å². The molecule has 1 aromatic heterocycles. The van der Waals surface area contributed by atoms with Crippen molar-refractivity contribution in [2.75, 3.05) is 6.54 Å². The number of carbonyl (C=O) groups excluding carboxylic acids is 2. The van der Waals surface area contributed by atoms with Crippen molar-refractivity contribution in [3.05, 3.63) is 36.2 Å². The molecule has 6 heteroatoms. The Labute approximate surface area is 122 Å². The Kier molecular flexibility index (Phi) is 3.77. The highest BCUT2D eigenvalue weighted by molar-refractivity contribution is 5.97. The second kappa shape index (κ2) is 5.87. The molecule has 21 heavy (non-hydrogen) atoms. The lowest BCUT2D eigenvalue weighted by molar-refractivity contribution is -0.122. The first-order valence-corrected chi connectivity index (χ1v) is 7.04. The molecular weight excluding hydrogens is 268 g/mol. The molecule has 1 aromatic carbocycles. The van der Waals surface area contributed by atoms with Crippen molar-refractivity contribution in [3.8, 4) is 0 Å². The number of carbonyl (C=O) groups is 2. The molecule has 0 bridgehead atoms. The first kappa shape index (κ1) is 13.5. The van der Waals surface area contributed by atoms with Gasteiger partial charge in [-0.2, -0.15) is 0 Å². The van der Waals surface area contributed by atoms with E-state index in [9.17, 15) is 9.59 Å². The van der Waals surface area contributed by atoms with E-state index >= 15 is 0 Å². The molecule has 1 atom stereocenters. The van der Waals surface area contributed by atoms with Crippen molar-refractivity contribution in [1.82, 2.24) is 20.6 Å². The number of amides is 2. The van der Waals surface area contributed by atoms with Gasteiger partial charge in [-0.15, -0.1) is 0 Å². The summed E-state index contributed by atoms with van der Waals surface area (Å²) in [6, 6.07) is 6.86. The van der Waals surface area contributed by atoms with Gasteiger partial charge in [0.15, 0.2) is 0 Å². The number of fused-ring (bicyclic) bond motifs is 1. The predicted molar refractivity (Wildman–Crippen MR) is 77.7 cm³/mol. The van der Waals surface area contributed by atoms with Gasteiger partial charge in [0.1, 0.15) is 11.7 Å². The summed E-state index contributed by atoms with van der Waals surface area (Å²) in [4.78, 5) is 32.5. The smallest absolute Gasteiger partial charge is 0.272 e. The molecule has 2 aromatic rings. The van der Waals surface area contributed by atoms with E-state index in [-0.39, 0.29) is 17.5 Å². The summed E-state index contributed by atoms with van der Waals surface area (Å²) >= 11 is 0. The zero-order chi connectivity index (χ0) is 14.7. The van der Waals surface area contributed by atoms with Crippen LogP contribution in [0.1, 0.15) is 29.8 Å². The number of nitrogens with one attached hydrogen (secondary N) is 2. The fraction of sp³-hybridized carbons (Fsp3) is 0.333. The third kappa shape index (κ3) is 2.99. The summed E-state index contributed by atoms with van der Waals surface area (Å²) in [5.41, 5.74) is 1.63. The van der Waals surface area contributed by atoms with E-state index in [1.165, 1.54) is 6.20 Å². The summed E-state index contributed by atoms with van der Waals surface area (Å²) in [6.07, 6.45) is 3.94. The fourth-order valence-electron chi connectivity index (χ4n) is 2.38. The summed E-state index contributed by atoms with van der Waals surface area (Å²) in [5.74, 6) is -0.495. The van der Waals surface area contributed by atoms with Gasteiger partial charge < -0.3 is 10.6 Å². The van der Waals surface area contributed by atoms with Gasteiger partial charge in [0.25, 0.3) is 5.91 Å². The monoisotopic (exact) mass is 284 g/mol. The maximum atomic E-state index is 12.2. The molecule has 6 nitrogen and oxygen atoms in total. The van der Waals surface area contributed by atoms with Crippen molar-refractivity contribution in [1.29, 1.82) is 0 Å². The molecule has 108 valence electrons. The highest BCUT2D eigenvalue weighted by atomic mass is 16.2. The molecule has 3 rings (SSSR count). The Morgan fingerprint density at radius 2 is 2.05 bits per heavy atom. The van der Waals surface area contributed by atoms with E-state index < -0.39 is 6.04 Å². The molecule has 0 radical (unpaired) electrons. The maximum Gasteiger partial charge on any atom is 0.272 e. The molecule has 1 aliphatic rings. The van der Waals surface area contributed by atoms with Crippen LogP contribution >= 0.6 is 0 Å². The Morgan fingerprint density at radius 1 is 1.24 bits per heavy atom. The molecule has 1 aliphatic heterocycles. The Morgan fingerprint density at radius 3 is 2.90 bits per heavy atom. The number of hydrogen-bond donors (Lipinski definition) is 2. The van der Waals surface area contributed by atoms with Crippen LogP contribution in [-0.4, -0.2) is 34.4 Å². The van der Waals surface area contributed by atoms with Gasteiger partial charge in [-0.3, -0.25) is 14.6 Å². The van der Waals surface area contributed by atoms with Gasteiger partial charge in [-0.05, 0) is 31.4 Å². The quantitative estimate of drug-likeness (QED) is 0.862. The molecule has 0 spiro atoms. The number of benzene rings is 1. The van der Waals surface area contributed by atoms with E-state index in [1.54, 1.807) is 6.07 Å². The van der Waals surface area contributed by atoms with Crippen molar-refractivity contribution >= 4 is 22.8 Å². The first-order valence-electron chi connectivity index (χ1n) is 7.04. The van der Waals surface area contributed by atoms with E-state index in [0.717, 1.165) is 18.4 Å². The number of nitrogens with zero attached hydrogens (tertiary/aromatic N) is 2. The van der Waals surface area contributed by atoms with Gasteiger partial charge in [-0.1, -0.05) is 12.1 Å². The summed E-state index contributed by atoms with van der Waals surface area (Å²) < 4.78 is 0. The molecule has 0 saturated carbocycles. The van der Waals surface area contributed by atoms with Crippen LogP contribution in [0.2, 0.25) is 0 Å². The SMILES string of the molecule is O=C(N[C@H]1CCCCNC1=O)c1cnc2ccccc2n1. The molecule has 2 N–H and O–H groups in total. The van der Waals surface area contributed by atoms with Crippen LogP contribution in [-0.2, 0) is 4.79 Å². The minimum absolute atomic E-state index is 0.130. The normalized spacial score (nSPS) is 18.9. The second-order valence-electron chi connectivity index (χ2n) is 5.06. The largest absolute Gasteiger partial charge is 0.354 e. The van der Waals surface area contributed by atoms with Crippen LogP contribution in [0.15, 0.2) is 30.5 Å². The van der Waals surface area contributed by atoms with Gasteiger partial charge in [0.2, 0.25) is 5.91 Å². The van der Waals surface area contributed by atoms with Crippen molar-refractivity contribution < 1.29 is 9.59 Å². The highest BCUT2D eigenvalue weighted by Crippen LogP contribution is 2.10. The molecule has 2 amide bonds. The highest BCUT2D eigenvalue weighted by Gasteiger charge is 2.23. The maximum absolute atomic E-state index is 12.2. The Bertz CT molecular complexity index is 686.